The number of furan rings is 1. The number of benzene rings is 1. The summed E-state index contributed by atoms with van der Waals surface area (Å²) in [5, 5.41) is -0.441. The molecule has 3 rings (SSSR count). The van der Waals surface area contributed by atoms with Crippen LogP contribution in [0.15, 0.2) is 49.1 Å². The molecule has 0 atom stereocenters. The number of nitrogen functional groups attached to an aromatic ring is 1. The monoisotopic (exact) mass is 337 g/mol. The van der Waals surface area contributed by atoms with Gasteiger partial charge in [-0.05, 0) is 31.3 Å². The number of hydrogen-bond donors (Lipinski definition) is 2. The molecule has 2 aromatic heterocycles. The van der Waals surface area contributed by atoms with Gasteiger partial charge < -0.3 is 14.6 Å². The molecule has 0 aliphatic rings. The van der Waals surface area contributed by atoms with E-state index in [-0.39, 0.29) is 22.5 Å². The van der Waals surface area contributed by atoms with Gasteiger partial charge in [0.05, 0.1) is 5.69 Å². The van der Waals surface area contributed by atoms with Gasteiger partial charge in [0.25, 0.3) is 10.0 Å². The van der Waals surface area contributed by atoms with Gasteiger partial charge in [0, 0.05) is 0 Å². The van der Waals surface area contributed by atoms with Crippen LogP contribution in [0.3, 0.4) is 0 Å². The van der Waals surface area contributed by atoms with Crippen molar-refractivity contribution < 1.29 is 22.0 Å². The van der Waals surface area contributed by atoms with E-state index in [2.05, 4.69) is 4.72 Å². The Hall–Kier alpha value is -2.85. The molecule has 3 aromatic rings. The van der Waals surface area contributed by atoms with Crippen molar-refractivity contribution in [1.29, 1.82) is 0 Å². The van der Waals surface area contributed by atoms with Gasteiger partial charge >= 0.3 is 11.7 Å². The van der Waals surface area contributed by atoms with Crippen LogP contribution < -0.4 is 16.2 Å². The molecule has 23 heavy (non-hydrogen) atoms. The van der Waals surface area contributed by atoms with E-state index in [1.165, 1.54) is 19.2 Å². The summed E-state index contributed by atoms with van der Waals surface area (Å²) >= 11 is 0. The zero-order valence-corrected chi connectivity index (χ0v) is 12.6. The fraction of sp³-hybridized carbons (Fsp3) is 0.0769. The summed E-state index contributed by atoms with van der Waals surface area (Å²) in [5.74, 6) is -2.14. The molecule has 0 fully saturated rings. The normalized spacial score (nSPS) is 11.9. The Labute approximate surface area is 129 Å². The largest absolute Gasteiger partial charge is 0.438 e. The Kier molecular flexibility index (Phi) is 3.34. The van der Waals surface area contributed by atoms with E-state index in [0.717, 1.165) is 16.7 Å². The van der Waals surface area contributed by atoms with Crippen molar-refractivity contribution in [2.75, 3.05) is 12.8 Å². The summed E-state index contributed by atoms with van der Waals surface area (Å²) in [5.41, 5.74) is 6.12. The average Bonchev–Trinajstić information content (AvgIpc) is 3.12. The Morgan fingerprint density at radius 3 is 2.65 bits per heavy atom. The summed E-state index contributed by atoms with van der Waals surface area (Å²) in [7, 11) is -2.63. The molecule has 1 aromatic carbocycles. The van der Waals surface area contributed by atoms with Crippen molar-refractivity contribution in [3.63, 3.8) is 0 Å². The third kappa shape index (κ3) is 2.33. The first-order valence-electron chi connectivity index (χ1n) is 6.33. The second-order valence-electron chi connectivity index (χ2n) is 4.53. The molecular weight excluding hydrogens is 326 g/mol. The number of nitrogens with one attached hydrogen (secondary N) is 1. The summed E-state index contributed by atoms with van der Waals surface area (Å²) in [6.07, 6.45) is 0. The maximum absolute atomic E-state index is 12.4. The molecule has 0 radical (unpaired) electrons. The number of rotatable bonds is 3. The quantitative estimate of drug-likeness (QED) is 0.658. The smallest absolute Gasteiger partial charge is 0.427 e. The van der Waals surface area contributed by atoms with Crippen LogP contribution in [0.1, 0.15) is 10.6 Å². The Bertz CT molecular complexity index is 1070. The second-order valence-corrected chi connectivity index (χ2v) is 6.35. The number of sulfonamides is 1. The zero-order valence-electron chi connectivity index (χ0n) is 11.8. The topological polar surface area (TPSA) is 138 Å². The van der Waals surface area contributed by atoms with Crippen LogP contribution in [0, 0.1) is 0 Å². The van der Waals surface area contributed by atoms with Gasteiger partial charge in [0.15, 0.2) is 11.3 Å². The summed E-state index contributed by atoms with van der Waals surface area (Å²) in [6.45, 7) is 0. The number of fused-ring (bicyclic) bond motifs is 1. The molecule has 120 valence electrons. The maximum Gasteiger partial charge on any atom is 0.427 e. The highest BCUT2D eigenvalue weighted by molar-refractivity contribution is 7.89. The van der Waals surface area contributed by atoms with Crippen molar-refractivity contribution in [3.8, 4) is 0 Å². The lowest BCUT2D eigenvalue weighted by atomic mass is 10.3. The highest BCUT2D eigenvalue weighted by atomic mass is 32.2. The van der Waals surface area contributed by atoms with Gasteiger partial charge in [0.1, 0.15) is 5.52 Å². The molecule has 0 aliphatic heterocycles. The molecule has 3 N–H and O–H groups in total. The second kappa shape index (κ2) is 5.11. The number of carbonyl (C=O) groups is 1. The fourth-order valence-electron chi connectivity index (χ4n) is 2.04. The molecule has 0 saturated heterocycles. The van der Waals surface area contributed by atoms with Crippen molar-refractivity contribution >= 4 is 32.7 Å². The average molecular weight is 337 g/mol. The summed E-state index contributed by atoms with van der Waals surface area (Å²) in [6, 6.07) is 6.81. The van der Waals surface area contributed by atoms with Crippen LogP contribution in [0.5, 0.6) is 0 Å². The van der Waals surface area contributed by atoms with Crippen LogP contribution in [0.25, 0.3) is 11.1 Å². The number of nitrogens with two attached hydrogens (primary N) is 1. The van der Waals surface area contributed by atoms with Crippen LogP contribution in [0.2, 0.25) is 0 Å². The van der Waals surface area contributed by atoms with Crippen molar-refractivity contribution in [2.24, 2.45) is 0 Å². The number of para-hydroxylation sites is 1. The molecule has 0 amide bonds. The van der Waals surface area contributed by atoms with E-state index < -0.39 is 26.8 Å². The molecule has 0 spiro atoms. The van der Waals surface area contributed by atoms with Crippen LogP contribution in [-0.2, 0) is 10.0 Å². The predicted octanol–water partition coefficient (Wildman–Crippen LogP) is 0.366. The van der Waals surface area contributed by atoms with Gasteiger partial charge in [-0.25, -0.2) is 22.5 Å². The van der Waals surface area contributed by atoms with Crippen molar-refractivity contribution in [3.05, 3.63) is 46.6 Å². The number of anilines is 1. The van der Waals surface area contributed by atoms with Gasteiger partial charge in [-0.2, -0.15) is 0 Å². The third-order valence-electron chi connectivity index (χ3n) is 3.17. The number of carbonyl (C=O) groups excluding carboxylic acids is 1. The van der Waals surface area contributed by atoms with Gasteiger partial charge in [-0.15, -0.1) is 0 Å². The van der Waals surface area contributed by atoms with E-state index in [4.69, 9.17) is 14.6 Å². The summed E-state index contributed by atoms with van der Waals surface area (Å²) < 4.78 is 36.0. The van der Waals surface area contributed by atoms with E-state index in [1.54, 1.807) is 6.07 Å². The lowest BCUT2D eigenvalue weighted by Gasteiger charge is -1.99. The van der Waals surface area contributed by atoms with E-state index in [1.807, 2.05) is 0 Å². The van der Waals surface area contributed by atoms with Crippen molar-refractivity contribution in [2.45, 2.75) is 5.09 Å². The zero-order chi connectivity index (χ0) is 16.8. The minimum atomic E-state index is -3.84. The molecule has 0 saturated carbocycles. The minimum absolute atomic E-state index is 0.0699. The van der Waals surface area contributed by atoms with Gasteiger partial charge in [0.2, 0.25) is 5.09 Å². The van der Waals surface area contributed by atoms with E-state index >= 15 is 0 Å². The Balaban J connectivity index is 2.14. The first-order chi connectivity index (χ1) is 10.8. The summed E-state index contributed by atoms with van der Waals surface area (Å²) in [4.78, 5) is 24.3. The van der Waals surface area contributed by atoms with Gasteiger partial charge in [-0.3, -0.25) is 4.79 Å². The van der Waals surface area contributed by atoms with E-state index in [9.17, 15) is 18.0 Å². The lowest BCUT2D eigenvalue weighted by Crippen LogP contribution is -2.23. The van der Waals surface area contributed by atoms with E-state index in [0.29, 0.717) is 0 Å². The first kappa shape index (κ1) is 15.1. The Morgan fingerprint density at radius 1 is 1.22 bits per heavy atom. The third-order valence-corrected chi connectivity index (χ3v) is 4.45. The highest BCUT2D eigenvalue weighted by Gasteiger charge is 2.24. The minimum Gasteiger partial charge on any atom is -0.438 e. The SMILES string of the molecule is CNS(=O)(=O)c1ccc(C(=O)n2c(=O)oc3c(N)cccc32)o1. The highest BCUT2D eigenvalue weighted by Crippen LogP contribution is 2.21. The molecule has 2 heterocycles. The molecule has 9 nitrogen and oxygen atoms in total. The lowest BCUT2D eigenvalue weighted by molar-refractivity contribution is 0.0923. The molecule has 0 bridgehead atoms. The molecular formula is C13H11N3O6S. The Morgan fingerprint density at radius 2 is 1.96 bits per heavy atom. The number of hydrogen-bond acceptors (Lipinski definition) is 7. The fourth-order valence-corrected chi connectivity index (χ4v) is 2.69. The predicted molar refractivity (Wildman–Crippen MR) is 79.6 cm³/mol. The standard InChI is InChI=1S/C13H11N3O6S/c1-15-23(19,20)10-6-5-9(21-10)12(17)16-8-4-2-3-7(14)11(8)22-13(16)18/h2-6,15H,14H2,1H3. The number of oxazole rings is 1. The molecule has 0 unspecified atom stereocenters. The number of aromatic nitrogens is 1. The first-order valence-corrected chi connectivity index (χ1v) is 7.81. The van der Waals surface area contributed by atoms with Crippen LogP contribution in [0.4, 0.5) is 5.69 Å². The maximum atomic E-state index is 12.4. The van der Waals surface area contributed by atoms with Crippen LogP contribution >= 0.6 is 0 Å². The van der Waals surface area contributed by atoms with Crippen LogP contribution in [-0.4, -0.2) is 25.9 Å². The molecule has 10 heteroatoms. The van der Waals surface area contributed by atoms with Gasteiger partial charge in [-0.1, -0.05) is 6.07 Å². The molecule has 0 aliphatic carbocycles. The number of nitrogens with zero attached hydrogens (tertiary/aromatic N) is 1. The van der Waals surface area contributed by atoms with Crippen molar-refractivity contribution in [1.82, 2.24) is 9.29 Å².